The summed E-state index contributed by atoms with van der Waals surface area (Å²) in [5.41, 5.74) is 0.673. The third-order valence-electron chi connectivity index (χ3n) is 2.07. The fourth-order valence-electron chi connectivity index (χ4n) is 1.23. The van der Waals surface area contributed by atoms with Crippen LogP contribution in [0.25, 0.3) is 0 Å². The Morgan fingerprint density at radius 1 is 1.44 bits per heavy atom. The fraction of sp³-hybridized carbons (Fsp3) is 0.0909. The first kappa shape index (κ1) is 13.1. The minimum Gasteiger partial charge on any atom is -0.465 e. The molecule has 0 aliphatic heterocycles. The number of thiazole rings is 1. The largest absolute Gasteiger partial charge is 0.465 e. The Kier molecular flexibility index (Phi) is 4.06. The number of rotatable bonds is 3. The molecule has 1 aromatic heterocycles. The summed E-state index contributed by atoms with van der Waals surface area (Å²) in [4.78, 5) is 15.7. The number of benzene rings is 1. The van der Waals surface area contributed by atoms with Gasteiger partial charge in [-0.05, 0) is 18.2 Å². The van der Waals surface area contributed by atoms with Crippen LogP contribution in [0.15, 0.2) is 24.4 Å². The number of carbonyl (C=O) groups excluding carboxylic acids is 1. The molecule has 0 radical (unpaired) electrons. The third-order valence-corrected chi connectivity index (χ3v) is 3.51. The number of esters is 1. The van der Waals surface area contributed by atoms with Gasteiger partial charge in [0.05, 0.1) is 24.0 Å². The van der Waals surface area contributed by atoms with E-state index in [0.29, 0.717) is 25.7 Å². The van der Waals surface area contributed by atoms with Crippen LogP contribution in [0.4, 0.5) is 10.8 Å². The van der Waals surface area contributed by atoms with Gasteiger partial charge in [0.25, 0.3) is 0 Å². The Balaban J connectivity index is 2.18. The van der Waals surface area contributed by atoms with Crippen molar-refractivity contribution in [3.05, 3.63) is 39.3 Å². The molecule has 94 valence electrons. The second-order valence-electron chi connectivity index (χ2n) is 3.27. The molecule has 4 nitrogen and oxygen atoms in total. The lowest BCUT2D eigenvalue weighted by Gasteiger charge is -2.04. The summed E-state index contributed by atoms with van der Waals surface area (Å²) in [7, 11) is 1.32. The zero-order valence-electron chi connectivity index (χ0n) is 9.24. The van der Waals surface area contributed by atoms with Gasteiger partial charge in [0, 0.05) is 5.02 Å². The first-order valence-electron chi connectivity index (χ1n) is 4.86. The predicted octanol–water partition coefficient (Wildman–Crippen LogP) is 3.98. The van der Waals surface area contributed by atoms with Crippen molar-refractivity contribution in [2.24, 2.45) is 0 Å². The number of nitrogens with zero attached hydrogens (tertiary/aromatic N) is 1. The molecule has 0 spiro atoms. The van der Waals surface area contributed by atoms with Crippen molar-refractivity contribution >= 4 is 51.3 Å². The highest BCUT2D eigenvalue weighted by Crippen LogP contribution is 2.30. The van der Waals surface area contributed by atoms with Crippen LogP contribution in [0.5, 0.6) is 0 Å². The van der Waals surface area contributed by atoms with E-state index < -0.39 is 5.97 Å². The van der Waals surface area contributed by atoms with Gasteiger partial charge in [0.1, 0.15) is 4.88 Å². The molecule has 2 rings (SSSR count). The zero-order chi connectivity index (χ0) is 13.1. The predicted molar refractivity (Wildman–Crippen MR) is 73.2 cm³/mol. The van der Waals surface area contributed by atoms with Crippen LogP contribution in [-0.4, -0.2) is 18.1 Å². The van der Waals surface area contributed by atoms with Crippen molar-refractivity contribution in [2.75, 3.05) is 12.4 Å². The van der Waals surface area contributed by atoms with Crippen molar-refractivity contribution in [3.63, 3.8) is 0 Å². The molecule has 7 heteroatoms. The third kappa shape index (κ3) is 2.93. The van der Waals surface area contributed by atoms with Gasteiger partial charge in [-0.3, -0.25) is 0 Å². The van der Waals surface area contributed by atoms with Crippen molar-refractivity contribution in [1.82, 2.24) is 4.98 Å². The molecule has 0 bridgehead atoms. The highest BCUT2D eigenvalue weighted by atomic mass is 35.5. The monoisotopic (exact) mass is 302 g/mol. The lowest BCUT2D eigenvalue weighted by molar-refractivity contribution is 0.0606. The Labute approximate surface area is 118 Å². The standard InChI is InChI=1S/C11H8Cl2N2O2S/c1-17-10(16)9-5-14-11(18-9)15-8-3-2-6(12)4-7(8)13/h2-5H,1H3,(H,14,15). The van der Waals surface area contributed by atoms with Gasteiger partial charge in [0.2, 0.25) is 0 Å². The molecule has 1 N–H and O–H groups in total. The first-order chi connectivity index (χ1) is 8.60. The van der Waals surface area contributed by atoms with Gasteiger partial charge in [-0.15, -0.1) is 0 Å². The SMILES string of the molecule is COC(=O)c1cnc(Nc2ccc(Cl)cc2Cl)s1. The van der Waals surface area contributed by atoms with Crippen LogP contribution >= 0.6 is 34.5 Å². The minimum absolute atomic E-state index is 0.414. The summed E-state index contributed by atoms with van der Waals surface area (Å²) in [5.74, 6) is -0.414. The van der Waals surface area contributed by atoms with E-state index in [2.05, 4.69) is 15.0 Å². The van der Waals surface area contributed by atoms with Crippen LogP contribution in [0.1, 0.15) is 9.67 Å². The van der Waals surface area contributed by atoms with Crippen molar-refractivity contribution in [2.45, 2.75) is 0 Å². The van der Waals surface area contributed by atoms with Crippen LogP contribution < -0.4 is 5.32 Å². The molecule has 0 fully saturated rings. The molecule has 0 atom stereocenters. The Morgan fingerprint density at radius 2 is 2.22 bits per heavy atom. The van der Waals surface area contributed by atoms with E-state index in [1.165, 1.54) is 24.6 Å². The molecule has 0 amide bonds. The number of hydrogen-bond acceptors (Lipinski definition) is 5. The summed E-state index contributed by atoms with van der Waals surface area (Å²) in [6.45, 7) is 0. The number of anilines is 2. The van der Waals surface area contributed by atoms with Gasteiger partial charge in [-0.25, -0.2) is 9.78 Å². The zero-order valence-corrected chi connectivity index (χ0v) is 11.6. The van der Waals surface area contributed by atoms with Crippen LogP contribution in [0.2, 0.25) is 10.0 Å². The number of methoxy groups -OCH3 is 1. The molecule has 0 saturated carbocycles. The minimum atomic E-state index is -0.414. The second-order valence-corrected chi connectivity index (χ2v) is 5.14. The van der Waals surface area contributed by atoms with Crippen LogP contribution in [0, 0.1) is 0 Å². The van der Waals surface area contributed by atoms with Gasteiger partial charge in [0.15, 0.2) is 5.13 Å². The smallest absolute Gasteiger partial charge is 0.349 e. The van der Waals surface area contributed by atoms with E-state index in [1.54, 1.807) is 18.2 Å². The van der Waals surface area contributed by atoms with E-state index in [1.807, 2.05) is 0 Å². The average molecular weight is 303 g/mol. The summed E-state index contributed by atoms with van der Waals surface area (Å²) < 4.78 is 4.60. The fourth-order valence-corrected chi connectivity index (χ4v) is 2.44. The molecule has 1 heterocycles. The quantitative estimate of drug-likeness (QED) is 0.871. The van der Waals surface area contributed by atoms with E-state index in [4.69, 9.17) is 23.2 Å². The molecule has 0 unspecified atom stereocenters. The maximum absolute atomic E-state index is 11.3. The van der Waals surface area contributed by atoms with E-state index >= 15 is 0 Å². The molecular weight excluding hydrogens is 295 g/mol. The van der Waals surface area contributed by atoms with Gasteiger partial charge in [-0.1, -0.05) is 34.5 Å². The molecule has 0 aliphatic carbocycles. The van der Waals surface area contributed by atoms with Crippen molar-refractivity contribution in [1.29, 1.82) is 0 Å². The first-order valence-corrected chi connectivity index (χ1v) is 6.43. The highest BCUT2D eigenvalue weighted by molar-refractivity contribution is 7.17. The average Bonchev–Trinajstić information content (AvgIpc) is 2.80. The maximum atomic E-state index is 11.3. The molecule has 0 saturated heterocycles. The lowest BCUT2D eigenvalue weighted by atomic mass is 10.3. The lowest BCUT2D eigenvalue weighted by Crippen LogP contribution is -1.96. The van der Waals surface area contributed by atoms with Gasteiger partial charge in [-0.2, -0.15) is 0 Å². The van der Waals surface area contributed by atoms with Crippen LogP contribution in [0.3, 0.4) is 0 Å². The molecule has 18 heavy (non-hydrogen) atoms. The maximum Gasteiger partial charge on any atom is 0.349 e. The van der Waals surface area contributed by atoms with Crippen molar-refractivity contribution in [3.8, 4) is 0 Å². The topological polar surface area (TPSA) is 51.2 Å². The Bertz CT molecular complexity index is 586. The van der Waals surface area contributed by atoms with Crippen molar-refractivity contribution < 1.29 is 9.53 Å². The molecular formula is C11H8Cl2N2O2S. The van der Waals surface area contributed by atoms with E-state index in [0.717, 1.165) is 0 Å². The summed E-state index contributed by atoms with van der Waals surface area (Å²) >= 11 is 13.0. The summed E-state index contributed by atoms with van der Waals surface area (Å²) in [5, 5.41) is 4.60. The van der Waals surface area contributed by atoms with Gasteiger partial charge >= 0.3 is 5.97 Å². The van der Waals surface area contributed by atoms with E-state index in [9.17, 15) is 4.79 Å². The Hall–Kier alpha value is -1.30. The number of nitrogens with one attached hydrogen (secondary N) is 1. The number of halogens is 2. The number of ether oxygens (including phenoxy) is 1. The number of hydrogen-bond donors (Lipinski definition) is 1. The molecule has 2 aromatic rings. The number of carbonyl (C=O) groups is 1. The molecule has 1 aromatic carbocycles. The second kappa shape index (κ2) is 5.56. The summed E-state index contributed by atoms with van der Waals surface area (Å²) in [6.07, 6.45) is 1.45. The van der Waals surface area contributed by atoms with E-state index in [-0.39, 0.29) is 0 Å². The Morgan fingerprint density at radius 3 is 2.89 bits per heavy atom. The van der Waals surface area contributed by atoms with Crippen LogP contribution in [-0.2, 0) is 4.74 Å². The number of aromatic nitrogens is 1. The normalized spacial score (nSPS) is 10.2. The summed E-state index contributed by atoms with van der Waals surface area (Å²) in [6, 6.07) is 5.08. The van der Waals surface area contributed by atoms with Gasteiger partial charge < -0.3 is 10.1 Å². The molecule has 0 aliphatic rings. The highest BCUT2D eigenvalue weighted by Gasteiger charge is 2.11.